The van der Waals surface area contributed by atoms with Gasteiger partial charge < -0.3 is 10.2 Å². The highest BCUT2D eigenvalue weighted by molar-refractivity contribution is 5.89. The lowest BCUT2D eigenvalue weighted by Gasteiger charge is -2.30. The molecule has 0 bridgehead atoms. The van der Waals surface area contributed by atoms with E-state index in [2.05, 4.69) is 35.6 Å². The van der Waals surface area contributed by atoms with E-state index in [9.17, 15) is 9.59 Å². The maximum atomic E-state index is 13.4. The lowest BCUT2D eigenvalue weighted by Crippen LogP contribution is -2.49. The first-order chi connectivity index (χ1) is 15.4. The van der Waals surface area contributed by atoms with Crippen molar-refractivity contribution >= 4 is 22.6 Å². The van der Waals surface area contributed by atoms with Crippen LogP contribution in [0.3, 0.4) is 0 Å². The number of amides is 2. The van der Waals surface area contributed by atoms with E-state index in [0.717, 1.165) is 23.1 Å². The first-order valence-electron chi connectivity index (χ1n) is 11.5. The van der Waals surface area contributed by atoms with Gasteiger partial charge in [0.1, 0.15) is 6.04 Å². The quantitative estimate of drug-likeness (QED) is 0.493. The Kier molecular flexibility index (Phi) is 8.04. The van der Waals surface area contributed by atoms with Gasteiger partial charge in [0, 0.05) is 19.0 Å². The molecule has 4 heteroatoms. The van der Waals surface area contributed by atoms with Crippen molar-refractivity contribution in [1.29, 1.82) is 0 Å². The van der Waals surface area contributed by atoms with Crippen molar-refractivity contribution in [3.63, 3.8) is 0 Å². The third kappa shape index (κ3) is 5.97. The monoisotopic (exact) mass is 430 g/mol. The predicted molar refractivity (Wildman–Crippen MR) is 131 cm³/mol. The molecule has 3 aromatic rings. The number of benzene rings is 3. The van der Waals surface area contributed by atoms with Gasteiger partial charge in [0.25, 0.3) is 0 Å². The van der Waals surface area contributed by atoms with Gasteiger partial charge in [-0.15, -0.1) is 0 Å². The molecule has 0 aliphatic rings. The van der Waals surface area contributed by atoms with Gasteiger partial charge in [-0.25, -0.2) is 0 Å². The molecule has 3 aromatic carbocycles. The van der Waals surface area contributed by atoms with Crippen LogP contribution in [0.5, 0.6) is 0 Å². The molecule has 0 spiro atoms. The molecule has 32 heavy (non-hydrogen) atoms. The second-order valence-electron chi connectivity index (χ2n) is 8.64. The van der Waals surface area contributed by atoms with Gasteiger partial charge in [-0.1, -0.05) is 79.2 Å². The summed E-state index contributed by atoms with van der Waals surface area (Å²) < 4.78 is 0. The molecular weight excluding hydrogens is 396 g/mol. The second-order valence-corrected chi connectivity index (χ2v) is 8.64. The molecule has 0 aliphatic carbocycles. The van der Waals surface area contributed by atoms with Crippen molar-refractivity contribution in [2.75, 3.05) is 0 Å². The van der Waals surface area contributed by atoms with Crippen LogP contribution >= 0.6 is 0 Å². The molecular formula is C28H34N2O2. The van der Waals surface area contributed by atoms with Crippen molar-refractivity contribution in [2.45, 2.75) is 65.6 Å². The van der Waals surface area contributed by atoms with Crippen molar-refractivity contribution in [3.05, 3.63) is 83.4 Å². The highest BCUT2D eigenvalue weighted by atomic mass is 16.2. The van der Waals surface area contributed by atoms with Crippen LogP contribution in [0, 0.1) is 6.92 Å². The molecule has 0 aromatic heterocycles. The number of carbonyl (C=O) groups excluding carboxylic acids is 2. The zero-order valence-electron chi connectivity index (χ0n) is 19.6. The molecule has 0 heterocycles. The van der Waals surface area contributed by atoms with Crippen LogP contribution < -0.4 is 5.32 Å². The minimum Gasteiger partial charge on any atom is -0.352 e. The van der Waals surface area contributed by atoms with E-state index < -0.39 is 6.04 Å². The highest BCUT2D eigenvalue weighted by Crippen LogP contribution is 2.21. The molecule has 2 amide bonds. The Balaban J connectivity index is 1.79. The topological polar surface area (TPSA) is 49.4 Å². The Morgan fingerprint density at radius 1 is 0.969 bits per heavy atom. The summed E-state index contributed by atoms with van der Waals surface area (Å²) in [6.45, 7) is 8.30. The van der Waals surface area contributed by atoms with E-state index in [4.69, 9.17) is 0 Å². The summed E-state index contributed by atoms with van der Waals surface area (Å²) in [5, 5.41) is 5.38. The van der Waals surface area contributed by atoms with Gasteiger partial charge in [0.05, 0.1) is 0 Å². The van der Waals surface area contributed by atoms with Crippen molar-refractivity contribution in [1.82, 2.24) is 10.2 Å². The number of aryl methyl sites for hydroxylation is 2. The zero-order chi connectivity index (χ0) is 23.1. The summed E-state index contributed by atoms with van der Waals surface area (Å²) >= 11 is 0. The zero-order valence-corrected chi connectivity index (χ0v) is 19.6. The maximum Gasteiger partial charge on any atom is 0.242 e. The molecule has 0 radical (unpaired) electrons. The fraction of sp³-hybridized carbons (Fsp3) is 0.357. The maximum absolute atomic E-state index is 13.4. The Morgan fingerprint density at radius 3 is 2.44 bits per heavy atom. The van der Waals surface area contributed by atoms with Crippen molar-refractivity contribution < 1.29 is 9.59 Å². The number of rotatable bonds is 9. The largest absolute Gasteiger partial charge is 0.352 e. The fourth-order valence-electron chi connectivity index (χ4n) is 3.95. The Hall–Kier alpha value is -3.14. The SMILES string of the molecule is CC[C@@H](C)NC(=O)[C@@H](C)N(Cc1cccc(C)c1)C(=O)CCc1cccc2ccccc12. The van der Waals surface area contributed by atoms with Crippen LogP contribution in [0.15, 0.2) is 66.7 Å². The van der Waals surface area contributed by atoms with Gasteiger partial charge in [-0.3, -0.25) is 9.59 Å². The van der Waals surface area contributed by atoms with E-state index in [0.29, 0.717) is 19.4 Å². The minimum atomic E-state index is -0.537. The van der Waals surface area contributed by atoms with Crippen LogP contribution in [0.4, 0.5) is 0 Å². The number of nitrogens with zero attached hydrogens (tertiary/aromatic N) is 1. The normalized spacial score (nSPS) is 12.9. The van der Waals surface area contributed by atoms with Crippen LogP contribution in [0.2, 0.25) is 0 Å². The lowest BCUT2D eigenvalue weighted by atomic mass is 10.0. The minimum absolute atomic E-state index is 0.00811. The molecule has 4 nitrogen and oxygen atoms in total. The molecule has 0 unspecified atom stereocenters. The summed E-state index contributed by atoms with van der Waals surface area (Å²) in [4.78, 5) is 28.0. The Labute approximate surface area is 191 Å². The highest BCUT2D eigenvalue weighted by Gasteiger charge is 2.26. The molecule has 0 saturated carbocycles. The van der Waals surface area contributed by atoms with Crippen molar-refractivity contribution in [2.24, 2.45) is 0 Å². The summed E-state index contributed by atoms with van der Waals surface area (Å²) in [7, 11) is 0. The fourth-order valence-corrected chi connectivity index (χ4v) is 3.95. The summed E-state index contributed by atoms with van der Waals surface area (Å²) in [6.07, 6.45) is 1.86. The van der Waals surface area contributed by atoms with Crippen LogP contribution in [0.25, 0.3) is 10.8 Å². The number of nitrogens with one attached hydrogen (secondary N) is 1. The Morgan fingerprint density at radius 2 is 1.69 bits per heavy atom. The average Bonchev–Trinajstić information content (AvgIpc) is 2.80. The average molecular weight is 431 g/mol. The van der Waals surface area contributed by atoms with E-state index >= 15 is 0 Å². The molecule has 2 atom stereocenters. The first-order valence-corrected chi connectivity index (χ1v) is 11.5. The lowest BCUT2D eigenvalue weighted by molar-refractivity contribution is -0.140. The summed E-state index contributed by atoms with van der Waals surface area (Å²) in [6, 6.07) is 22.1. The van der Waals surface area contributed by atoms with Crippen LogP contribution in [-0.4, -0.2) is 28.8 Å². The smallest absolute Gasteiger partial charge is 0.242 e. The molecule has 0 aliphatic heterocycles. The summed E-state index contributed by atoms with van der Waals surface area (Å²) in [5.74, 6) is -0.114. The Bertz CT molecular complexity index is 1070. The standard InChI is InChI=1S/C28H34N2O2/c1-5-21(3)29-28(32)22(4)30(19-23-11-8-10-20(2)18-23)27(31)17-16-25-14-9-13-24-12-6-7-15-26(24)25/h6-15,18,21-22H,5,16-17,19H2,1-4H3,(H,29,32)/t21-,22-/m1/s1. The molecule has 3 rings (SSSR count). The van der Waals surface area contributed by atoms with Crippen LogP contribution in [0.1, 0.15) is 50.3 Å². The molecule has 168 valence electrons. The van der Waals surface area contributed by atoms with E-state index in [1.807, 2.05) is 64.1 Å². The predicted octanol–water partition coefficient (Wildman–Crippen LogP) is 5.41. The van der Waals surface area contributed by atoms with E-state index in [1.165, 1.54) is 10.8 Å². The van der Waals surface area contributed by atoms with Gasteiger partial charge in [0.2, 0.25) is 11.8 Å². The number of carbonyl (C=O) groups is 2. The molecule has 0 fully saturated rings. The van der Waals surface area contributed by atoms with E-state index in [1.54, 1.807) is 4.90 Å². The number of hydrogen-bond acceptors (Lipinski definition) is 2. The first kappa shape index (κ1) is 23.5. The number of fused-ring (bicyclic) bond motifs is 1. The van der Waals surface area contributed by atoms with Gasteiger partial charge in [0.15, 0.2) is 0 Å². The van der Waals surface area contributed by atoms with Gasteiger partial charge in [-0.2, -0.15) is 0 Å². The van der Waals surface area contributed by atoms with Crippen LogP contribution in [-0.2, 0) is 22.6 Å². The number of hydrogen-bond donors (Lipinski definition) is 1. The summed E-state index contributed by atoms with van der Waals surface area (Å²) in [5.41, 5.74) is 3.33. The van der Waals surface area contributed by atoms with Crippen molar-refractivity contribution in [3.8, 4) is 0 Å². The van der Waals surface area contributed by atoms with Gasteiger partial charge >= 0.3 is 0 Å². The third-order valence-corrected chi connectivity index (χ3v) is 6.09. The third-order valence-electron chi connectivity index (χ3n) is 6.09. The van der Waals surface area contributed by atoms with E-state index in [-0.39, 0.29) is 17.9 Å². The molecule has 1 N–H and O–H groups in total. The van der Waals surface area contributed by atoms with Gasteiger partial charge in [-0.05, 0) is 55.5 Å². The second kappa shape index (κ2) is 10.9. The molecule has 0 saturated heterocycles.